The molecule has 2 N–H and O–H groups in total. The van der Waals surface area contributed by atoms with Crippen LogP contribution in [0.25, 0.3) is 0 Å². The van der Waals surface area contributed by atoms with Crippen LogP contribution in [0.1, 0.15) is 45.3 Å². The highest BCUT2D eigenvalue weighted by Crippen LogP contribution is 2.35. The average Bonchev–Trinajstić information content (AvgIpc) is 3.25. The van der Waals surface area contributed by atoms with Crippen LogP contribution in [0.4, 0.5) is 5.69 Å². The van der Waals surface area contributed by atoms with E-state index in [9.17, 15) is 14.7 Å². The van der Waals surface area contributed by atoms with Crippen LogP contribution in [0.15, 0.2) is 48.5 Å². The van der Waals surface area contributed by atoms with E-state index in [4.69, 9.17) is 4.74 Å². The molecule has 2 unspecified atom stereocenters. The van der Waals surface area contributed by atoms with E-state index in [0.29, 0.717) is 17.8 Å². The molecule has 2 heterocycles. The number of carbonyl (C=O) groups is 2. The summed E-state index contributed by atoms with van der Waals surface area (Å²) in [6, 6.07) is 14.2. The molecule has 2 atom stereocenters. The Balaban J connectivity index is 1.64. The lowest BCUT2D eigenvalue weighted by molar-refractivity contribution is 0.0488. The Kier molecular flexibility index (Phi) is 4.34. The summed E-state index contributed by atoms with van der Waals surface area (Å²) in [5.74, 6) is -1.00. The van der Waals surface area contributed by atoms with Gasteiger partial charge < -0.3 is 20.1 Å². The number of carbonyl (C=O) groups excluding carboxylic acids is 1. The summed E-state index contributed by atoms with van der Waals surface area (Å²) < 4.78 is 5.71. The Morgan fingerprint density at radius 1 is 1.23 bits per heavy atom. The molecule has 2 aliphatic heterocycles. The highest BCUT2D eigenvalue weighted by molar-refractivity contribution is 5.99. The number of amides is 1. The van der Waals surface area contributed by atoms with Gasteiger partial charge in [0.05, 0.1) is 11.7 Å². The van der Waals surface area contributed by atoms with Crippen LogP contribution >= 0.6 is 0 Å². The molecular weight excluding hydrogens is 332 g/mol. The van der Waals surface area contributed by atoms with E-state index < -0.39 is 5.97 Å². The molecule has 0 spiro atoms. The number of carboxylic acids is 1. The van der Waals surface area contributed by atoms with Crippen LogP contribution in [0.5, 0.6) is 0 Å². The minimum absolute atomic E-state index is 0.0250. The fourth-order valence-electron chi connectivity index (χ4n) is 3.62. The molecule has 6 heteroatoms. The topological polar surface area (TPSA) is 78.9 Å². The lowest BCUT2D eigenvalue weighted by Crippen LogP contribution is -2.38. The second kappa shape index (κ2) is 6.80. The summed E-state index contributed by atoms with van der Waals surface area (Å²) in [6.45, 7) is 1.25. The van der Waals surface area contributed by atoms with Crippen molar-refractivity contribution in [3.63, 3.8) is 0 Å². The molecule has 2 aromatic carbocycles. The molecule has 1 saturated heterocycles. The lowest BCUT2D eigenvalue weighted by atomic mass is 10.1. The van der Waals surface area contributed by atoms with E-state index in [1.807, 2.05) is 30.3 Å². The summed E-state index contributed by atoms with van der Waals surface area (Å²) in [4.78, 5) is 25.9. The highest BCUT2D eigenvalue weighted by Gasteiger charge is 2.38. The Morgan fingerprint density at radius 2 is 2.08 bits per heavy atom. The number of benzene rings is 2. The van der Waals surface area contributed by atoms with Crippen LogP contribution in [0.3, 0.4) is 0 Å². The summed E-state index contributed by atoms with van der Waals surface area (Å²) in [7, 11) is 0. The molecule has 6 nitrogen and oxygen atoms in total. The van der Waals surface area contributed by atoms with Crippen molar-refractivity contribution in [1.82, 2.24) is 4.90 Å². The van der Waals surface area contributed by atoms with Gasteiger partial charge in [-0.2, -0.15) is 0 Å². The Labute approximate surface area is 151 Å². The van der Waals surface area contributed by atoms with Gasteiger partial charge in [-0.3, -0.25) is 4.79 Å². The quantitative estimate of drug-likeness (QED) is 0.864. The fraction of sp³-hybridized carbons (Fsp3) is 0.300. The Hall–Kier alpha value is -2.86. The van der Waals surface area contributed by atoms with Gasteiger partial charge in [0.1, 0.15) is 6.17 Å². The van der Waals surface area contributed by atoms with Crippen molar-refractivity contribution in [3.05, 3.63) is 65.2 Å². The van der Waals surface area contributed by atoms with Gasteiger partial charge in [0.2, 0.25) is 0 Å². The number of fused-ring (bicyclic) bond motifs is 1. The summed E-state index contributed by atoms with van der Waals surface area (Å²) >= 11 is 0. The zero-order valence-electron chi connectivity index (χ0n) is 14.2. The van der Waals surface area contributed by atoms with Crippen LogP contribution < -0.4 is 5.32 Å². The third-order valence-corrected chi connectivity index (χ3v) is 4.90. The number of carboxylic acid groups (broad SMARTS) is 1. The number of anilines is 1. The van der Waals surface area contributed by atoms with Crippen molar-refractivity contribution in [2.24, 2.45) is 0 Å². The average molecular weight is 352 g/mol. The first-order valence-corrected chi connectivity index (χ1v) is 8.75. The van der Waals surface area contributed by atoms with Crippen molar-refractivity contribution in [1.29, 1.82) is 0 Å². The number of hydrogen-bond donors (Lipinski definition) is 2. The molecule has 0 aromatic heterocycles. The van der Waals surface area contributed by atoms with Crippen LogP contribution in [-0.4, -0.2) is 41.1 Å². The van der Waals surface area contributed by atoms with E-state index in [-0.39, 0.29) is 23.7 Å². The third-order valence-electron chi connectivity index (χ3n) is 4.90. The number of ether oxygens (including phenoxy) is 1. The van der Waals surface area contributed by atoms with E-state index >= 15 is 0 Å². The van der Waals surface area contributed by atoms with Crippen molar-refractivity contribution < 1.29 is 19.4 Å². The maximum atomic E-state index is 12.9. The second-order valence-corrected chi connectivity index (χ2v) is 6.61. The third kappa shape index (κ3) is 3.04. The maximum Gasteiger partial charge on any atom is 0.335 e. The summed E-state index contributed by atoms with van der Waals surface area (Å²) in [5, 5.41) is 12.5. The normalized spacial score (nSPS) is 21.7. The lowest BCUT2D eigenvalue weighted by Gasteiger charge is -2.29. The number of rotatable bonds is 5. The van der Waals surface area contributed by atoms with Crippen molar-refractivity contribution in [2.75, 3.05) is 18.5 Å². The molecule has 26 heavy (non-hydrogen) atoms. The molecule has 0 bridgehead atoms. The van der Waals surface area contributed by atoms with Gasteiger partial charge in [-0.25, -0.2) is 4.79 Å². The molecule has 2 aromatic rings. The summed E-state index contributed by atoms with van der Waals surface area (Å²) in [6.07, 6.45) is 1.66. The molecule has 134 valence electrons. The number of hydrogen-bond acceptors (Lipinski definition) is 4. The number of aromatic carboxylic acids is 1. The number of nitrogens with one attached hydrogen (secondary N) is 1. The van der Waals surface area contributed by atoms with Gasteiger partial charge in [-0.1, -0.05) is 24.3 Å². The Bertz CT molecular complexity index is 845. The maximum absolute atomic E-state index is 12.9. The molecule has 2 aliphatic rings. The minimum atomic E-state index is -0.979. The summed E-state index contributed by atoms with van der Waals surface area (Å²) in [5.41, 5.74) is 2.45. The molecule has 0 saturated carbocycles. The zero-order valence-corrected chi connectivity index (χ0v) is 14.2. The predicted octanol–water partition coefficient (Wildman–Crippen LogP) is 3.13. The van der Waals surface area contributed by atoms with Gasteiger partial charge in [-0.15, -0.1) is 0 Å². The van der Waals surface area contributed by atoms with Crippen LogP contribution in [0, 0.1) is 0 Å². The van der Waals surface area contributed by atoms with Gasteiger partial charge in [0.25, 0.3) is 5.91 Å². The first-order valence-electron chi connectivity index (χ1n) is 8.75. The zero-order chi connectivity index (χ0) is 18.1. The van der Waals surface area contributed by atoms with E-state index in [1.54, 1.807) is 23.1 Å². The van der Waals surface area contributed by atoms with E-state index in [1.165, 1.54) is 0 Å². The van der Waals surface area contributed by atoms with Crippen molar-refractivity contribution in [3.8, 4) is 0 Å². The highest BCUT2D eigenvalue weighted by atomic mass is 16.5. The molecule has 1 amide bonds. The van der Waals surface area contributed by atoms with Gasteiger partial charge in [-0.05, 0) is 37.1 Å². The van der Waals surface area contributed by atoms with Crippen LogP contribution in [0.2, 0.25) is 0 Å². The Morgan fingerprint density at radius 3 is 2.85 bits per heavy atom. The van der Waals surface area contributed by atoms with Gasteiger partial charge >= 0.3 is 5.97 Å². The smallest absolute Gasteiger partial charge is 0.335 e. The van der Waals surface area contributed by atoms with Crippen LogP contribution in [-0.2, 0) is 4.74 Å². The largest absolute Gasteiger partial charge is 0.478 e. The fourth-order valence-corrected chi connectivity index (χ4v) is 3.62. The molecule has 4 rings (SSSR count). The van der Waals surface area contributed by atoms with Crippen molar-refractivity contribution in [2.45, 2.75) is 25.1 Å². The van der Waals surface area contributed by atoms with E-state index in [2.05, 4.69) is 5.32 Å². The standard InChI is InChI=1S/C20H20N2O4/c23-19-17-9-2-1-8-16(17)18(22(19)12-15-7-4-10-26-15)21-14-6-3-5-13(11-14)20(24)25/h1-3,5-6,8-9,11,15,18,21H,4,7,10,12H2,(H,24,25). The first-order chi connectivity index (χ1) is 12.6. The molecule has 0 aliphatic carbocycles. The van der Waals surface area contributed by atoms with E-state index in [0.717, 1.165) is 25.0 Å². The number of nitrogens with zero attached hydrogens (tertiary/aromatic N) is 1. The predicted molar refractivity (Wildman–Crippen MR) is 96.2 cm³/mol. The monoisotopic (exact) mass is 352 g/mol. The molecule has 1 fully saturated rings. The van der Waals surface area contributed by atoms with Gasteiger partial charge in [0.15, 0.2) is 0 Å². The SMILES string of the molecule is O=C(O)c1cccc(NC2c3ccccc3C(=O)N2CC2CCCO2)c1. The first kappa shape index (κ1) is 16.6. The van der Waals surface area contributed by atoms with Crippen molar-refractivity contribution >= 4 is 17.6 Å². The molecular formula is C20H20N2O4. The second-order valence-electron chi connectivity index (χ2n) is 6.61. The van der Waals surface area contributed by atoms with Gasteiger partial charge in [0, 0.05) is 30.0 Å². The minimum Gasteiger partial charge on any atom is -0.478 e. The molecule has 0 radical (unpaired) electrons.